The molecule has 0 saturated heterocycles. The number of hydrogen-bond acceptors (Lipinski definition) is 2. The van der Waals surface area contributed by atoms with Gasteiger partial charge in [0.05, 0.1) is 0 Å². The lowest BCUT2D eigenvalue weighted by atomic mass is 10.4. The monoisotopic (exact) mass is 141 g/mol. The molecule has 10 heavy (non-hydrogen) atoms. The molecule has 1 aliphatic carbocycles. The SMILES string of the molecule is Cc1nc(C2(F)CC2)n[nH]1. The summed E-state index contributed by atoms with van der Waals surface area (Å²) in [5.41, 5.74) is -1.19. The predicted octanol–water partition coefficient (Wildman–Crippen LogP) is 1.07. The van der Waals surface area contributed by atoms with E-state index < -0.39 is 5.67 Å². The van der Waals surface area contributed by atoms with Crippen molar-refractivity contribution in [2.45, 2.75) is 25.4 Å². The zero-order chi connectivity index (χ0) is 7.19. The van der Waals surface area contributed by atoms with E-state index in [4.69, 9.17) is 0 Å². The van der Waals surface area contributed by atoms with E-state index in [-0.39, 0.29) is 0 Å². The fourth-order valence-electron chi connectivity index (χ4n) is 0.876. The van der Waals surface area contributed by atoms with Crippen molar-refractivity contribution in [2.75, 3.05) is 0 Å². The second-order valence-corrected chi connectivity index (χ2v) is 2.71. The first-order valence-corrected chi connectivity index (χ1v) is 3.29. The molecule has 4 heteroatoms. The van der Waals surface area contributed by atoms with E-state index in [1.54, 1.807) is 6.92 Å². The summed E-state index contributed by atoms with van der Waals surface area (Å²) < 4.78 is 13.1. The number of nitrogens with one attached hydrogen (secondary N) is 1. The van der Waals surface area contributed by atoms with Gasteiger partial charge in [-0.3, -0.25) is 5.10 Å². The molecule has 2 rings (SSSR count). The summed E-state index contributed by atoms with van der Waals surface area (Å²) in [5, 5.41) is 6.35. The highest BCUT2D eigenvalue weighted by Crippen LogP contribution is 2.47. The molecular formula is C6H8FN3. The van der Waals surface area contributed by atoms with Gasteiger partial charge in [-0.05, 0) is 19.8 Å². The quantitative estimate of drug-likeness (QED) is 0.635. The summed E-state index contributed by atoms with van der Waals surface area (Å²) in [5.74, 6) is 1.00. The lowest BCUT2D eigenvalue weighted by molar-refractivity contribution is 0.301. The number of nitrogens with zero attached hydrogens (tertiary/aromatic N) is 2. The van der Waals surface area contributed by atoms with Gasteiger partial charge in [0.15, 0.2) is 11.5 Å². The highest BCUT2D eigenvalue weighted by Gasteiger charge is 2.48. The van der Waals surface area contributed by atoms with Crippen molar-refractivity contribution in [1.29, 1.82) is 0 Å². The van der Waals surface area contributed by atoms with E-state index in [0.717, 1.165) is 0 Å². The van der Waals surface area contributed by atoms with Gasteiger partial charge in [0, 0.05) is 0 Å². The van der Waals surface area contributed by atoms with Crippen molar-refractivity contribution < 1.29 is 4.39 Å². The fraction of sp³-hybridized carbons (Fsp3) is 0.667. The average molecular weight is 141 g/mol. The van der Waals surface area contributed by atoms with Crippen LogP contribution in [-0.4, -0.2) is 15.2 Å². The maximum atomic E-state index is 13.1. The van der Waals surface area contributed by atoms with E-state index in [2.05, 4.69) is 15.2 Å². The Hall–Kier alpha value is -0.930. The minimum atomic E-state index is -1.19. The van der Waals surface area contributed by atoms with Crippen LogP contribution in [0.15, 0.2) is 0 Å². The minimum absolute atomic E-state index is 0.324. The second-order valence-electron chi connectivity index (χ2n) is 2.71. The maximum Gasteiger partial charge on any atom is 0.187 e. The van der Waals surface area contributed by atoms with E-state index in [9.17, 15) is 4.39 Å². The Labute approximate surface area is 57.7 Å². The highest BCUT2D eigenvalue weighted by atomic mass is 19.1. The second kappa shape index (κ2) is 1.56. The lowest BCUT2D eigenvalue weighted by Gasteiger charge is -1.93. The van der Waals surface area contributed by atoms with Crippen LogP contribution in [0.2, 0.25) is 0 Å². The number of rotatable bonds is 1. The van der Waals surface area contributed by atoms with Crippen LogP contribution in [0.1, 0.15) is 24.5 Å². The third-order valence-corrected chi connectivity index (χ3v) is 1.69. The Morgan fingerprint density at radius 1 is 1.60 bits per heavy atom. The Balaban J connectivity index is 2.34. The van der Waals surface area contributed by atoms with Crippen LogP contribution >= 0.6 is 0 Å². The molecule has 0 amide bonds. The van der Waals surface area contributed by atoms with Gasteiger partial charge in [0.2, 0.25) is 0 Å². The molecule has 1 aliphatic rings. The number of aryl methyl sites for hydroxylation is 1. The molecule has 1 saturated carbocycles. The molecule has 1 fully saturated rings. The molecule has 0 aliphatic heterocycles. The Morgan fingerprint density at radius 2 is 2.30 bits per heavy atom. The van der Waals surface area contributed by atoms with E-state index >= 15 is 0 Å². The first-order valence-electron chi connectivity index (χ1n) is 3.29. The summed E-state index contributed by atoms with van der Waals surface area (Å²) >= 11 is 0. The third-order valence-electron chi connectivity index (χ3n) is 1.69. The van der Waals surface area contributed by atoms with Crippen molar-refractivity contribution in [2.24, 2.45) is 0 Å². The number of halogens is 1. The van der Waals surface area contributed by atoms with Crippen LogP contribution in [0.5, 0.6) is 0 Å². The molecule has 1 N–H and O–H groups in total. The number of aromatic amines is 1. The van der Waals surface area contributed by atoms with Crippen LogP contribution in [0.3, 0.4) is 0 Å². The Kier molecular flexibility index (Phi) is 0.910. The van der Waals surface area contributed by atoms with Crippen LogP contribution in [0, 0.1) is 6.92 Å². The molecule has 0 radical (unpaired) electrons. The van der Waals surface area contributed by atoms with Gasteiger partial charge >= 0.3 is 0 Å². The van der Waals surface area contributed by atoms with E-state index in [1.807, 2.05) is 0 Å². The third kappa shape index (κ3) is 0.716. The van der Waals surface area contributed by atoms with Crippen LogP contribution in [0.4, 0.5) is 4.39 Å². The molecule has 0 spiro atoms. The largest absolute Gasteiger partial charge is 0.263 e. The minimum Gasteiger partial charge on any atom is -0.263 e. The molecule has 1 heterocycles. The summed E-state index contributed by atoms with van der Waals surface area (Å²) in [6.45, 7) is 1.77. The van der Waals surface area contributed by atoms with Crippen molar-refractivity contribution >= 4 is 0 Å². The van der Waals surface area contributed by atoms with E-state index in [1.165, 1.54) is 0 Å². The van der Waals surface area contributed by atoms with Gasteiger partial charge < -0.3 is 0 Å². The van der Waals surface area contributed by atoms with Crippen molar-refractivity contribution in [3.05, 3.63) is 11.6 Å². The van der Waals surface area contributed by atoms with Gasteiger partial charge in [-0.2, -0.15) is 5.10 Å². The lowest BCUT2D eigenvalue weighted by Crippen LogP contribution is -1.99. The fourth-order valence-corrected chi connectivity index (χ4v) is 0.876. The molecular weight excluding hydrogens is 133 g/mol. The first-order chi connectivity index (χ1) is 4.71. The highest BCUT2D eigenvalue weighted by molar-refractivity contribution is 5.10. The Bertz CT molecular complexity index is 251. The molecule has 3 nitrogen and oxygen atoms in total. The summed E-state index contributed by atoms with van der Waals surface area (Å²) in [6, 6.07) is 0. The van der Waals surface area contributed by atoms with Gasteiger partial charge in [-0.15, -0.1) is 0 Å². The normalized spacial score (nSPS) is 21.0. The molecule has 0 bridgehead atoms. The van der Waals surface area contributed by atoms with Gasteiger partial charge in [-0.25, -0.2) is 9.37 Å². The van der Waals surface area contributed by atoms with Gasteiger partial charge in [0.1, 0.15) is 5.82 Å². The topological polar surface area (TPSA) is 41.6 Å². The zero-order valence-electron chi connectivity index (χ0n) is 5.69. The van der Waals surface area contributed by atoms with Gasteiger partial charge in [0.25, 0.3) is 0 Å². The molecule has 54 valence electrons. The maximum absolute atomic E-state index is 13.1. The standard InChI is InChI=1S/C6H8FN3/c1-4-8-5(10-9-4)6(7)2-3-6/h2-3H2,1H3,(H,8,9,10). The molecule has 1 aromatic rings. The molecule has 0 unspecified atom stereocenters. The number of alkyl halides is 1. The molecule has 0 aromatic carbocycles. The summed E-state index contributed by atoms with van der Waals surface area (Å²) in [7, 11) is 0. The Morgan fingerprint density at radius 3 is 2.70 bits per heavy atom. The van der Waals surface area contributed by atoms with Crippen LogP contribution in [0.25, 0.3) is 0 Å². The van der Waals surface area contributed by atoms with Crippen molar-refractivity contribution in [1.82, 2.24) is 15.2 Å². The average Bonchev–Trinajstić information content (AvgIpc) is 2.45. The zero-order valence-corrected chi connectivity index (χ0v) is 5.69. The van der Waals surface area contributed by atoms with E-state index in [0.29, 0.717) is 24.5 Å². The van der Waals surface area contributed by atoms with Crippen LogP contribution < -0.4 is 0 Å². The van der Waals surface area contributed by atoms with Crippen molar-refractivity contribution in [3.63, 3.8) is 0 Å². The summed E-state index contributed by atoms with van der Waals surface area (Å²) in [6.07, 6.45) is 1.15. The number of hydrogen-bond donors (Lipinski definition) is 1. The van der Waals surface area contributed by atoms with Crippen molar-refractivity contribution in [3.8, 4) is 0 Å². The summed E-state index contributed by atoms with van der Waals surface area (Å²) in [4.78, 5) is 3.90. The molecule has 0 atom stereocenters. The van der Waals surface area contributed by atoms with Gasteiger partial charge in [-0.1, -0.05) is 0 Å². The van der Waals surface area contributed by atoms with Crippen LogP contribution in [-0.2, 0) is 5.67 Å². The smallest absolute Gasteiger partial charge is 0.187 e. The number of H-pyrrole nitrogens is 1. The molecule has 1 aromatic heterocycles. The predicted molar refractivity (Wildman–Crippen MR) is 33.1 cm³/mol. The first kappa shape index (κ1) is 5.82. The number of aromatic nitrogens is 3.